The number of thiazole rings is 1. The van der Waals surface area contributed by atoms with E-state index in [9.17, 15) is 9.18 Å². The predicted molar refractivity (Wildman–Crippen MR) is 105 cm³/mol. The van der Waals surface area contributed by atoms with Gasteiger partial charge in [-0.3, -0.25) is 4.79 Å². The minimum absolute atomic E-state index is 0.0225. The van der Waals surface area contributed by atoms with Gasteiger partial charge in [-0.05, 0) is 30.2 Å². The van der Waals surface area contributed by atoms with Crippen molar-refractivity contribution in [3.8, 4) is 0 Å². The number of hydrogen-bond acceptors (Lipinski definition) is 3. The molecule has 0 aliphatic carbocycles. The monoisotopic (exact) mass is 384 g/mol. The van der Waals surface area contributed by atoms with Gasteiger partial charge in [-0.25, -0.2) is 9.37 Å². The molecule has 140 valence electrons. The van der Waals surface area contributed by atoms with Crippen LogP contribution >= 0.6 is 11.3 Å². The summed E-state index contributed by atoms with van der Waals surface area (Å²) in [5.74, 6) is -0.192. The van der Waals surface area contributed by atoms with E-state index in [4.69, 9.17) is 4.98 Å². The number of rotatable bonds is 6. The van der Waals surface area contributed by atoms with E-state index in [-0.39, 0.29) is 11.7 Å². The highest BCUT2D eigenvalue weighted by molar-refractivity contribution is 7.18. The third-order valence-electron chi connectivity index (χ3n) is 5.15. The van der Waals surface area contributed by atoms with Gasteiger partial charge >= 0.3 is 0 Å². The van der Waals surface area contributed by atoms with Crippen molar-refractivity contribution in [1.82, 2.24) is 10.3 Å². The van der Waals surface area contributed by atoms with Gasteiger partial charge in [0.1, 0.15) is 11.9 Å². The molecule has 1 aliphatic heterocycles. The number of nitrogens with one attached hydrogen (secondary N) is 2. The van der Waals surface area contributed by atoms with Crippen LogP contribution < -0.4 is 10.2 Å². The Kier molecular flexibility index (Phi) is 5.45. The average molecular weight is 385 g/mol. The molecule has 0 spiro atoms. The number of amides is 1. The summed E-state index contributed by atoms with van der Waals surface area (Å²) in [6.45, 7) is 1.89. The van der Waals surface area contributed by atoms with Crippen LogP contribution in [0.5, 0.6) is 0 Å². The molecular weight excluding hydrogens is 361 g/mol. The zero-order valence-electron chi connectivity index (χ0n) is 15.1. The molecule has 2 heterocycles. The van der Waals surface area contributed by atoms with Crippen LogP contribution in [0, 0.1) is 5.82 Å². The van der Waals surface area contributed by atoms with E-state index < -0.39 is 0 Å². The van der Waals surface area contributed by atoms with E-state index in [1.165, 1.54) is 15.7 Å². The zero-order chi connectivity index (χ0) is 18.6. The summed E-state index contributed by atoms with van der Waals surface area (Å²) >= 11 is 1.74. The Hall–Kier alpha value is -2.31. The van der Waals surface area contributed by atoms with E-state index in [0.29, 0.717) is 31.1 Å². The van der Waals surface area contributed by atoms with Crippen molar-refractivity contribution >= 4 is 27.5 Å². The number of carbonyl (C=O) groups is 1. The average Bonchev–Trinajstić information content (AvgIpc) is 3.29. The summed E-state index contributed by atoms with van der Waals surface area (Å²) in [6.07, 6.45) is 2.69. The third-order valence-corrected chi connectivity index (χ3v) is 6.30. The smallest absolute Gasteiger partial charge is 0.275 e. The third kappa shape index (κ3) is 4.17. The molecular formula is C21H23FN3OS+. The summed E-state index contributed by atoms with van der Waals surface area (Å²) in [5.41, 5.74) is 1.68. The first kappa shape index (κ1) is 18.1. The van der Waals surface area contributed by atoms with Gasteiger partial charge < -0.3 is 10.2 Å². The first-order valence-electron chi connectivity index (χ1n) is 9.41. The number of aromatic nitrogens is 1. The number of hydrogen-bond donors (Lipinski definition) is 2. The van der Waals surface area contributed by atoms with Gasteiger partial charge in [-0.1, -0.05) is 30.3 Å². The minimum atomic E-state index is -0.215. The van der Waals surface area contributed by atoms with Crippen LogP contribution in [0.25, 0.3) is 10.2 Å². The molecule has 1 amide bonds. The maximum Gasteiger partial charge on any atom is 0.275 e. The second-order valence-corrected chi connectivity index (χ2v) is 8.05. The van der Waals surface area contributed by atoms with E-state index >= 15 is 0 Å². The molecule has 2 N–H and O–H groups in total. The van der Waals surface area contributed by atoms with Crippen molar-refractivity contribution in [3.63, 3.8) is 0 Å². The summed E-state index contributed by atoms with van der Waals surface area (Å²) < 4.78 is 14.8. The Morgan fingerprint density at radius 3 is 2.89 bits per heavy atom. The second-order valence-electron chi connectivity index (χ2n) is 6.99. The van der Waals surface area contributed by atoms with Gasteiger partial charge in [-0.2, -0.15) is 0 Å². The van der Waals surface area contributed by atoms with Gasteiger partial charge in [0.15, 0.2) is 11.6 Å². The first-order valence-corrected chi connectivity index (χ1v) is 10.2. The second kappa shape index (κ2) is 8.15. The lowest BCUT2D eigenvalue weighted by atomic mass is 10.1. The summed E-state index contributed by atoms with van der Waals surface area (Å²) in [5, 5.41) is 4.07. The molecule has 2 aromatic carbocycles. The lowest BCUT2D eigenvalue weighted by Gasteiger charge is -2.19. The lowest BCUT2D eigenvalue weighted by Crippen LogP contribution is -3.11. The van der Waals surface area contributed by atoms with E-state index in [2.05, 4.69) is 11.4 Å². The fraction of sp³-hybridized carbons (Fsp3) is 0.333. The number of fused-ring (bicyclic) bond motifs is 1. The van der Waals surface area contributed by atoms with Gasteiger partial charge in [0.05, 0.1) is 16.8 Å². The SMILES string of the molecule is O=C(C[NH+]1CCC[C@@H]1c1nc2ccccc2s1)NCCc1ccccc1F. The molecule has 3 aromatic rings. The largest absolute Gasteiger partial charge is 0.351 e. The number of likely N-dealkylation sites (tertiary alicyclic amines) is 1. The van der Waals surface area contributed by atoms with Crippen LogP contribution in [0.15, 0.2) is 48.5 Å². The molecule has 0 bridgehead atoms. The van der Waals surface area contributed by atoms with Crippen LogP contribution in [0.2, 0.25) is 0 Å². The molecule has 27 heavy (non-hydrogen) atoms. The Bertz CT molecular complexity index is 909. The molecule has 1 aliphatic rings. The normalized spacial score (nSPS) is 19.4. The standard InChI is InChI=1S/C21H22FN3OS/c22-16-7-2-1-6-15(16)11-12-23-20(26)14-25-13-5-9-18(25)21-24-17-8-3-4-10-19(17)27-21/h1-4,6-8,10,18H,5,9,11-14H2,(H,23,26)/p+1/t18-/m1/s1. The highest BCUT2D eigenvalue weighted by atomic mass is 32.1. The van der Waals surface area contributed by atoms with E-state index in [1.807, 2.05) is 24.3 Å². The van der Waals surface area contributed by atoms with Crippen molar-refractivity contribution in [1.29, 1.82) is 0 Å². The van der Waals surface area contributed by atoms with Crippen molar-refractivity contribution in [2.75, 3.05) is 19.6 Å². The number of halogens is 1. The predicted octanol–water partition coefficient (Wildman–Crippen LogP) is 2.51. The Labute approximate surface area is 162 Å². The minimum Gasteiger partial charge on any atom is -0.351 e. The number of nitrogens with zero attached hydrogens (tertiary/aromatic N) is 1. The lowest BCUT2D eigenvalue weighted by molar-refractivity contribution is -0.910. The summed E-state index contributed by atoms with van der Waals surface area (Å²) in [6, 6.07) is 15.2. The number of quaternary nitrogens is 1. The Morgan fingerprint density at radius 1 is 1.22 bits per heavy atom. The maximum atomic E-state index is 13.6. The number of carbonyl (C=O) groups excluding carboxylic acids is 1. The zero-order valence-corrected chi connectivity index (χ0v) is 15.9. The van der Waals surface area contributed by atoms with Crippen LogP contribution in [0.3, 0.4) is 0 Å². The molecule has 0 radical (unpaired) electrons. The molecule has 2 atom stereocenters. The van der Waals surface area contributed by atoms with E-state index in [1.54, 1.807) is 23.5 Å². The van der Waals surface area contributed by atoms with Gasteiger partial charge in [0.25, 0.3) is 5.91 Å². The fourth-order valence-corrected chi connectivity index (χ4v) is 4.93. The topological polar surface area (TPSA) is 46.4 Å². The Morgan fingerprint density at radius 2 is 2.04 bits per heavy atom. The molecule has 0 saturated carbocycles. The molecule has 1 aromatic heterocycles. The Balaban J connectivity index is 1.34. The quantitative estimate of drug-likeness (QED) is 0.686. The summed E-state index contributed by atoms with van der Waals surface area (Å²) in [4.78, 5) is 18.4. The van der Waals surface area contributed by atoms with Crippen molar-refractivity contribution in [3.05, 3.63) is 64.9 Å². The highest BCUT2D eigenvalue weighted by Crippen LogP contribution is 2.28. The van der Waals surface area contributed by atoms with Crippen LogP contribution in [-0.2, 0) is 11.2 Å². The van der Waals surface area contributed by atoms with Crippen molar-refractivity contribution < 1.29 is 14.1 Å². The van der Waals surface area contributed by atoms with Crippen LogP contribution in [0.1, 0.15) is 29.5 Å². The molecule has 1 saturated heterocycles. The molecule has 6 heteroatoms. The first-order chi connectivity index (χ1) is 13.2. The fourth-order valence-electron chi connectivity index (χ4n) is 3.77. The molecule has 1 unspecified atom stereocenters. The van der Waals surface area contributed by atoms with E-state index in [0.717, 1.165) is 29.9 Å². The van der Waals surface area contributed by atoms with Gasteiger partial charge in [0.2, 0.25) is 0 Å². The van der Waals surface area contributed by atoms with Crippen LogP contribution in [-0.4, -0.2) is 30.5 Å². The highest BCUT2D eigenvalue weighted by Gasteiger charge is 2.33. The van der Waals surface area contributed by atoms with Crippen molar-refractivity contribution in [2.45, 2.75) is 25.3 Å². The van der Waals surface area contributed by atoms with Crippen molar-refractivity contribution in [2.24, 2.45) is 0 Å². The number of benzene rings is 2. The summed E-state index contributed by atoms with van der Waals surface area (Å²) in [7, 11) is 0. The number of para-hydroxylation sites is 1. The molecule has 1 fully saturated rings. The molecule has 4 rings (SSSR count). The van der Waals surface area contributed by atoms with Crippen LogP contribution in [0.4, 0.5) is 4.39 Å². The molecule has 4 nitrogen and oxygen atoms in total. The maximum absolute atomic E-state index is 13.6. The van der Waals surface area contributed by atoms with Gasteiger partial charge in [0, 0.05) is 19.4 Å². The van der Waals surface area contributed by atoms with Gasteiger partial charge in [-0.15, -0.1) is 11.3 Å².